The first kappa shape index (κ1) is 17.0. The molecule has 2 N–H and O–H groups in total. The number of hydrogen-bond acceptors (Lipinski definition) is 4. The summed E-state index contributed by atoms with van der Waals surface area (Å²) in [5.41, 5.74) is 2.97. The minimum atomic E-state index is -0.948. The molecule has 1 aliphatic heterocycles. The third-order valence-corrected chi connectivity index (χ3v) is 4.02. The van der Waals surface area contributed by atoms with Crippen molar-refractivity contribution in [1.29, 1.82) is 0 Å². The van der Waals surface area contributed by atoms with E-state index in [1.165, 1.54) is 6.21 Å². The summed E-state index contributed by atoms with van der Waals surface area (Å²) < 4.78 is 5.63. The highest BCUT2D eigenvalue weighted by atomic mass is 35.5. The molecule has 0 bridgehead atoms. The molecule has 6 nitrogen and oxygen atoms in total. The van der Waals surface area contributed by atoms with E-state index in [0.717, 1.165) is 0 Å². The smallest absolute Gasteiger partial charge is 0.271 e. The number of fused-ring (bicyclic) bond motifs is 1. The summed E-state index contributed by atoms with van der Waals surface area (Å²) in [6.45, 7) is 3.35. The quantitative estimate of drug-likeness (QED) is 0.654. The zero-order valence-corrected chi connectivity index (χ0v) is 14.4. The molecule has 2 aromatic rings. The molecule has 2 amide bonds. The Morgan fingerprint density at radius 3 is 2.80 bits per heavy atom. The summed E-state index contributed by atoms with van der Waals surface area (Å²) in [7, 11) is 0. The number of anilines is 1. The van der Waals surface area contributed by atoms with Crippen LogP contribution in [0.5, 0.6) is 5.75 Å². The highest BCUT2D eigenvalue weighted by Gasteiger charge is 2.35. The predicted octanol–water partition coefficient (Wildman–Crippen LogP) is 3.21. The number of carbonyl (C=O) groups excluding carboxylic acids is 2. The zero-order chi connectivity index (χ0) is 18.0. The highest BCUT2D eigenvalue weighted by molar-refractivity contribution is 6.33. The third-order valence-electron chi connectivity index (χ3n) is 3.68. The zero-order valence-electron chi connectivity index (χ0n) is 13.7. The molecule has 1 aliphatic rings. The molecule has 1 heterocycles. The number of amides is 2. The molecular weight excluding hydrogens is 342 g/mol. The molecule has 128 valence electrons. The van der Waals surface area contributed by atoms with Crippen molar-refractivity contribution < 1.29 is 14.3 Å². The molecule has 0 aliphatic carbocycles. The Hall–Kier alpha value is -2.86. The highest BCUT2D eigenvalue weighted by Crippen LogP contribution is 2.34. The van der Waals surface area contributed by atoms with E-state index in [0.29, 0.717) is 27.6 Å². The van der Waals surface area contributed by atoms with Crippen LogP contribution < -0.4 is 15.5 Å². The summed E-state index contributed by atoms with van der Waals surface area (Å²) in [6, 6.07) is 11.9. The number of carbonyl (C=O) groups is 2. The van der Waals surface area contributed by atoms with Crippen LogP contribution in [0.2, 0.25) is 5.02 Å². The van der Waals surface area contributed by atoms with E-state index in [-0.39, 0.29) is 5.91 Å². The molecule has 0 unspecified atom stereocenters. The summed E-state index contributed by atoms with van der Waals surface area (Å²) in [5.74, 6) is -0.166. The minimum absolute atomic E-state index is 0.269. The van der Waals surface area contributed by atoms with Crippen LogP contribution in [0.1, 0.15) is 29.8 Å². The first-order chi connectivity index (χ1) is 11.9. The minimum Gasteiger partial charge on any atom is -0.476 e. The van der Waals surface area contributed by atoms with Crippen LogP contribution in [0, 0.1) is 0 Å². The van der Waals surface area contributed by atoms with Gasteiger partial charge in [-0.25, -0.2) is 5.43 Å². The number of benzene rings is 2. The number of hydrazone groups is 1. The fraction of sp³-hybridized carbons (Fsp3) is 0.167. The number of nitrogens with one attached hydrogen (secondary N) is 2. The molecular formula is C18H16ClN3O3. The maximum Gasteiger partial charge on any atom is 0.271 e. The van der Waals surface area contributed by atoms with Crippen molar-refractivity contribution in [1.82, 2.24) is 5.43 Å². The number of halogens is 1. The van der Waals surface area contributed by atoms with E-state index in [4.69, 9.17) is 16.3 Å². The van der Waals surface area contributed by atoms with Crippen molar-refractivity contribution in [2.75, 3.05) is 5.32 Å². The van der Waals surface area contributed by atoms with Crippen molar-refractivity contribution >= 4 is 35.3 Å². The van der Waals surface area contributed by atoms with Gasteiger partial charge in [0.25, 0.3) is 11.8 Å². The van der Waals surface area contributed by atoms with E-state index in [2.05, 4.69) is 15.8 Å². The van der Waals surface area contributed by atoms with Crippen molar-refractivity contribution in [2.45, 2.75) is 19.4 Å². The molecule has 25 heavy (non-hydrogen) atoms. The van der Waals surface area contributed by atoms with Gasteiger partial charge in [-0.2, -0.15) is 5.10 Å². The number of nitrogens with zero attached hydrogens (tertiary/aromatic N) is 1. The molecule has 0 saturated carbocycles. The van der Waals surface area contributed by atoms with E-state index in [1.807, 2.05) is 12.1 Å². The van der Waals surface area contributed by atoms with Gasteiger partial charge in [0.1, 0.15) is 5.75 Å². The van der Waals surface area contributed by atoms with E-state index in [9.17, 15) is 9.59 Å². The van der Waals surface area contributed by atoms with Gasteiger partial charge in [0.05, 0.1) is 11.9 Å². The normalized spacial score (nSPS) is 15.2. The van der Waals surface area contributed by atoms with Crippen LogP contribution >= 0.6 is 11.6 Å². The molecule has 3 rings (SSSR count). The second-order valence-electron chi connectivity index (χ2n) is 6.00. The Bertz CT molecular complexity index is 878. The molecule has 0 atom stereocenters. The number of rotatable bonds is 3. The van der Waals surface area contributed by atoms with Gasteiger partial charge >= 0.3 is 0 Å². The molecule has 0 fully saturated rings. The lowest BCUT2D eigenvalue weighted by Gasteiger charge is -2.31. The monoisotopic (exact) mass is 357 g/mol. The van der Waals surface area contributed by atoms with E-state index in [1.54, 1.807) is 44.2 Å². The second-order valence-corrected chi connectivity index (χ2v) is 6.41. The lowest BCUT2D eigenvalue weighted by molar-refractivity contribution is -0.129. The Morgan fingerprint density at radius 1 is 1.28 bits per heavy atom. The number of ether oxygens (including phenoxy) is 1. The molecule has 7 heteroatoms. The van der Waals surface area contributed by atoms with Gasteiger partial charge in [-0.05, 0) is 38.1 Å². The van der Waals surface area contributed by atoms with Gasteiger partial charge < -0.3 is 10.1 Å². The van der Waals surface area contributed by atoms with E-state index < -0.39 is 11.5 Å². The fourth-order valence-corrected chi connectivity index (χ4v) is 2.44. The maximum atomic E-state index is 12.2. The maximum absolute atomic E-state index is 12.2. The van der Waals surface area contributed by atoms with Crippen molar-refractivity contribution in [3.8, 4) is 5.75 Å². The lowest BCUT2D eigenvalue weighted by atomic mass is 10.0. The standard InChI is InChI=1S/C18H16ClN3O3/c1-18(2)17(24)21-14-9-11(7-8-15(14)25-18)16(23)22-20-10-12-5-3-4-6-13(12)19/h3-10H,1-2H3,(H,21,24)(H,22,23)/b20-10+. The van der Waals surface area contributed by atoms with Crippen LogP contribution in [0.3, 0.4) is 0 Å². The number of hydrogen-bond donors (Lipinski definition) is 2. The fourth-order valence-electron chi connectivity index (χ4n) is 2.26. The molecule has 0 spiro atoms. The van der Waals surface area contributed by atoms with Gasteiger partial charge in [-0.1, -0.05) is 29.8 Å². The van der Waals surface area contributed by atoms with Crippen LogP contribution in [0.4, 0.5) is 5.69 Å². The first-order valence-electron chi connectivity index (χ1n) is 7.59. The molecule has 2 aromatic carbocycles. The summed E-state index contributed by atoms with van der Waals surface area (Å²) in [6.07, 6.45) is 1.46. The Labute approximate surface area is 149 Å². The first-order valence-corrected chi connectivity index (χ1v) is 7.97. The lowest BCUT2D eigenvalue weighted by Crippen LogP contribution is -2.45. The van der Waals surface area contributed by atoms with E-state index >= 15 is 0 Å². The Morgan fingerprint density at radius 2 is 2.04 bits per heavy atom. The SMILES string of the molecule is CC1(C)Oc2ccc(C(=O)N/N=C/c3ccccc3Cl)cc2NC1=O. The molecule has 0 aromatic heterocycles. The van der Waals surface area contributed by atoms with Crippen LogP contribution in [-0.2, 0) is 4.79 Å². The average Bonchev–Trinajstić information content (AvgIpc) is 2.57. The van der Waals surface area contributed by atoms with Crippen LogP contribution in [-0.4, -0.2) is 23.6 Å². The summed E-state index contributed by atoms with van der Waals surface area (Å²) in [4.78, 5) is 24.2. The summed E-state index contributed by atoms with van der Waals surface area (Å²) >= 11 is 6.01. The molecule has 0 saturated heterocycles. The van der Waals surface area contributed by atoms with Crippen LogP contribution in [0.25, 0.3) is 0 Å². The second kappa shape index (κ2) is 6.57. The van der Waals surface area contributed by atoms with Crippen molar-refractivity contribution in [2.24, 2.45) is 5.10 Å². The predicted molar refractivity (Wildman–Crippen MR) is 96.3 cm³/mol. The largest absolute Gasteiger partial charge is 0.476 e. The van der Waals surface area contributed by atoms with Crippen molar-refractivity contribution in [3.05, 3.63) is 58.6 Å². The topological polar surface area (TPSA) is 79.8 Å². The summed E-state index contributed by atoms with van der Waals surface area (Å²) in [5, 5.41) is 7.17. The van der Waals surface area contributed by atoms with Crippen molar-refractivity contribution in [3.63, 3.8) is 0 Å². The van der Waals surface area contributed by atoms with Gasteiger partial charge in [0.15, 0.2) is 5.60 Å². The molecule has 0 radical (unpaired) electrons. The average molecular weight is 358 g/mol. The van der Waals surface area contributed by atoms with Crippen LogP contribution in [0.15, 0.2) is 47.6 Å². The third kappa shape index (κ3) is 3.64. The van der Waals surface area contributed by atoms with Gasteiger partial charge in [-0.15, -0.1) is 0 Å². The van der Waals surface area contributed by atoms with Gasteiger partial charge in [0.2, 0.25) is 0 Å². The Kier molecular flexibility index (Phi) is 4.46. The van der Waals surface area contributed by atoms with Gasteiger partial charge in [-0.3, -0.25) is 9.59 Å². The van der Waals surface area contributed by atoms with Gasteiger partial charge in [0, 0.05) is 16.1 Å². The Balaban J connectivity index is 1.73.